The molecule has 0 aliphatic carbocycles. The van der Waals surface area contributed by atoms with Crippen LogP contribution in [0.5, 0.6) is 5.75 Å². The predicted molar refractivity (Wildman–Crippen MR) is 89.3 cm³/mol. The monoisotopic (exact) mass is 313 g/mol. The van der Waals surface area contributed by atoms with Crippen molar-refractivity contribution in [2.75, 3.05) is 26.9 Å². The average Bonchev–Trinajstić information content (AvgIpc) is 2.49. The fraction of sp³-hybridized carbons (Fsp3) is 0.647. The normalized spacial score (nSPS) is 10.8. The van der Waals surface area contributed by atoms with Crippen molar-refractivity contribution in [3.05, 3.63) is 28.8 Å². The Morgan fingerprint density at radius 2 is 1.90 bits per heavy atom. The molecule has 3 nitrogen and oxygen atoms in total. The highest BCUT2D eigenvalue weighted by atomic mass is 35.5. The molecule has 0 aromatic heterocycles. The fourth-order valence-corrected chi connectivity index (χ4v) is 2.32. The molecule has 1 N–H and O–H groups in total. The average molecular weight is 314 g/mol. The zero-order valence-corrected chi connectivity index (χ0v) is 14.0. The van der Waals surface area contributed by atoms with Crippen molar-refractivity contribution in [1.29, 1.82) is 0 Å². The Morgan fingerprint density at radius 3 is 2.62 bits per heavy atom. The number of hydrogen-bond donors (Lipinski definition) is 1. The molecule has 0 heterocycles. The first-order chi connectivity index (χ1) is 10.3. The Balaban J connectivity index is 2.26. The van der Waals surface area contributed by atoms with E-state index in [2.05, 4.69) is 18.3 Å². The topological polar surface area (TPSA) is 30.5 Å². The van der Waals surface area contributed by atoms with E-state index in [1.54, 1.807) is 7.11 Å². The van der Waals surface area contributed by atoms with Gasteiger partial charge in [-0.25, -0.2) is 0 Å². The first kappa shape index (κ1) is 18.3. The molecule has 21 heavy (non-hydrogen) atoms. The van der Waals surface area contributed by atoms with Crippen LogP contribution in [0.4, 0.5) is 0 Å². The molecule has 120 valence electrons. The lowest BCUT2D eigenvalue weighted by Crippen LogP contribution is -2.18. The number of benzene rings is 1. The largest absolute Gasteiger partial charge is 0.492 e. The Labute approximate surface area is 134 Å². The minimum absolute atomic E-state index is 0.689. The van der Waals surface area contributed by atoms with Crippen LogP contribution in [0.3, 0.4) is 0 Å². The van der Waals surface area contributed by atoms with Gasteiger partial charge in [0.05, 0.1) is 18.2 Å². The molecule has 0 saturated carbocycles. The van der Waals surface area contributed by atoms with Crippen LogP contribution in [0.2, 0.25) is 5.02 Å². The summed E-state index contributed by atoms with van der Waals surface area (Å²) in [6, 6.07) is 5.98. The van der Waals surface area contributed by atoms with Crippen LogP contribution in [0.25, 0.3) is 0 Å². The highest BCUT2D eigenvalue weighted by Gasteiger charge is 2.03. The molecule has 0 aliphatic rings. The second kappa shape index (κ2) is 11.8. The number of nitrogens with one attached hydrogen (secondary N) is 1. The van der Waals surface area contributed by atoms with Crippen LogP contribution >= 0.6 is 11.6 Å². The van der Waals surface area contributed by atoms with E-state index in [-0.39, 0.29) is 0 Å². The Morgan fingerprint density at radius 1 is 1.10 bits per heavy atom. The molecule has 0 radical (unpaired) electrons. The standard InChI is InChI=1S/C17H28ClNO2/c1-3-4-5-6-7-11-21-17-9-8-15(13-16(17)18)14-19-10-12-20-2/h8-9,13,19H,3-7,10-12,14H2,1-2H3. The Kier molecular flexibility index (Phi) is 10.3. The quantitative estimate of drug-likeness (QED) is 0.579. The second-order valence-corrected chi connectivity index (χ2v) is 5.60. The Bertz CT molecular complexity index is 385. The molecule has 0 atom stereocenters. The number of ether oxygens (including phenoxy) is 2. The molecule has 1 aromatic carbocycles. The molecule has 0 saturated heterocycles. The third-order valence-electron chi connectivity index (χ3n) is 3.31. The van der Waals surface area contributed by atoms with Crippen LogP contribution < -0.4 is 10.1 Å². The number of rotatable bonds is 12. The van der Waals surface area contributed by atoms with E-state index in [0.717, 1.165) is 37.4 Å². The highest BCUT2D eigenvalue weighted by molar-refractivity contribution is 6.32. The van der Waals surface area contributed by atoms with Gasteiger partial charge in [0.15, 0.2) is 0 Å². The van der Waals surface area contributed by atoms with Crippen molar-refractivity contribution < 1.29 is 9.47 Å². The van der Waals surface area contributed by atoms with Gasteiger partial charge in [0.2, 0.25) is 0 Å². The molecule has 0 fully saturated rings. The molecule has 0 aliphatic heterocycles. The van der Waals surface area contributed by atoms with Crippen molar-refractivity contribution >= 4 is 11.6 Å². The van der Waals surface area contributed by atoms with Crippen LogP contribution in [-0.4, -0.2) is 26.9 Å². The summed E-state index contributed by atoms with van der Waals surface area (Å²) >= 11 is 6.25. The van der Waals surface area contributed by atoms with Gasteiger partial charge >= 0.3 is 0 Å². The van der Waals surface area contributed by atoms with Gasteiger partial charge in [0.1, 0.15) is 5.75 Å². The number of methoxy groups -OCH3 is 1. The maximum absolute atomic E-state index is 6.25. The minimum Gasteiger partial charge on any atom is -0.492 e. The lowest BCUT2D eigenvalue weighted by Gasteiger charge is -2.10. The van der Waals surface area contributed by atoms with Gasteiger partial charge < -0.3 is 14.8 Å². The maximum Gasteiger partial charge on any atom is 0.137 e. The molecule has 0 spiro atoms. The van der Waals surface area contributed by atoms with Gasteiger partial charge in [0.25, 0.3) is 0 Å². The van der Waals surface area contributed by atoms with Gasteiger partial charge in [-0.2, -0.15) is 0 Å². The maximum atomic E-state index is 6.25. The van der Waals surface area contributed by atoms with Crippen LogP contribution in [0.1, 0.15) is 44.6 Å². The third kappa shape index (κ3) is 8.30. The smallest absolute Gasteiger partial charge is 0.137 e. The zero-order chi connectivity index (χ0) is 15.3. The van der Waals surface area contributed by atoms with E-state index < -0.39 is 0 Å². The molecule has 0 unspecified atom stereocenters. The Hall–Kier alpha value is -0.770. The zero-order valence-electron chi connectivity index (χ0n) is 13.3. The summed E-state index contributed by atoms with van der Waals surface area (Å²) in [6.07, 6.45) is 6.20. The van der Waals surface area contributed by atoms with Crippen molar-refractivity contribution in [2.24, 2.45) is 0 Å². The number of hydrogen-bond acceptors (Lipinski definition) is 3. The van der Waals surface area contributed by atoms with Gasteiger partial charge in [-0.3, -0.25) is 0 Å². The van der Waals surface area contributed by atoms with E-state index in [4.69, 9.17) is 21.1 Å². The molecule has 1 aromatic rings. The summed E-state index contributed by atoms with van der Waals surface area (Å²) in [5, 5.41) is 3.99. The predicted octanol–water partition coefficient (Wildman–Crippen LogP) is 4.43. The minimum atomic E-state index is 0.689. The molecular formula is C17H28ClNO2. The number of unbranched alkanes of at least 4 members (excludes halogenated alkanes) is 4. The highest BCUT2D eigenvalue weighted by Crippen LogP contribution is 2.25. The van der Waals surface area contributed by atoms with Crippen molar-refractivity contribution in [2.45, 2.75) is 45.6 Å². The van der Waals surface area contributed by atoms with E-state index >= 15 is 0 Å². The summed E-state index contributed by atoms with van der Waals surface area (Å²) in [7, 11) is 1.70. The number of halogens is 1. The lowest BCUT2D eigenvalue weighted by atomic mass is 10.2. The van der Waals surface area contributed by atoms with E-state index in [1.165, 1.54) is 25.7 Å². The summed E-state index contributed by atoms with van der Waals surface area (Å²) in [4.78, 5) is 0. The van der Waals surface area contributed by atoms with Crippen molar-refractivity contribution in [3.8, 4) is 5.75 Å². The lowest BCUT2D eigenvalue weighted by molar-refractivity contribution is 0.199. The SMILES string of the molecule is CCCCCCCOc1ccc(CNCCOC)cc1Cl. The van der Waals surface area contributed by atoms with Crippen LogP contribution in [0.15, 0.2) is 18.2 Å². The first-order valence-corrected chi connectivity index (χ1v) is 8.26. The summed E-state index contributed by atoms with van der Waals surface area (Å²) < 4.78 is 10.7. The van der Waals surface area contributed by atoms with Crippen LogP contribution in [0, 0.1) is 0 Å². The molecule has 0 amide bonds. The van der Waals surface area contributed by atoms with Gasteiger partial charge in [0, 0.05) is 20.2 Å². The van der Waals surface area contributed by atoms with Crippen molar-refractivity contribution in [1.82, 2.24) is 5.32 Å². The van der Waals surface area contributed by atoms with Crippen LogP contribution in [-0.2, 0) is 11.3 Å². The molecule has 0 bridgehead atoms. The van der Waals surface area contributed by atoms with E-state index in [0.29, 0.717) is 11.6 Å². The first-order valence-electron chi connectivity index (χ1n) is 7.88. The fourth-order valence-electron chi connectivity index (χ4n) is 2.07. The second-order valence-electron chi connectivity index (χ2n) is 5.20. The van der Waals surface area contributed by atoms with E-state index in [1.807, 2.05) is 12.1 Å². The molecule has 4 heteroatoms. The van der Waals surface area contributed by atoms with E-state index in [9.17, 15) is 0 Å². The van der Waals surface area contributed by atoms with Gasteiger partial charge in [-0.15, -0.1) is 0 Å². The third-order valence-corrected chi connectivity index (χ3v) is 3.61. The van der Waals surface area contributed by atoms with Gasteiger partial charge in [-0.1, -0.05) is 50.3 Å². The summed E-state index contributed by atoms with van der Waals surface area (Å²) in [6.45, 7) is 5.31. The van der Waals surface area contributed by atoms with Gasteiger partial charge in [-0.05, 0) is 24.1 Å². The van der Waals surface area contributed by atoms with Crippen molar-refractivity contribution in [3.63, 3.8) is 0 Å². The summed E-state index contributed by atoms with van der Waals surface area (Å²) in [5.74, 6) is 0.785. The molecule has 1 rings (SSSR count). The summed E-state index contributed by atoms with van der Waals surface area (Å²) in [5.41, 5.74) is 1.16. The molecular weight excluding hydrogens is 286 g/mol.